The third kappa shape index (κ3) is 4.03. The van der Waals surface area contributed by atoms with Crippen LogP contribution in [0, 0.1) is 12.3 Å². The maximum atomic E-state index is 9.25. The number of ether oxygens (including phenoxy) is 2. The predicted octanol–water partition coefficient (Wildman–Crippen LogP) is 3.93. The van der Waals surface area contributed by atoms with E-state index >= 15 is 0 Å². The summed E-state index contributed by atoms with van der Waals surface area (Å²) in [6, 6.07) is 10.3. The first-order chi connectivity index (χ1) is 10.6. The Labute approximate surface area is 137 Å². The summed E-state index contributed by atoms with van der Waals surface area (Å²) in [4.78, 5) is 4.34. The van der Waals surface area contributed by atoms with Gasteiger partial charge in [0.2, 0.25) is 0 Å². The van der Waals surface area contributed by atoms with Crippen molar-refractivity contribution in [2.45, 2.75) is 0 Å². The third-order valence-corrected chi connectivity index (χ3v) is 3.35. The molecule has 0 amide bonds. The number of nitrogens with zero attached hydrogens (tertiary/aromatic N) is 1. The number of hydrogen-bond acceptors (Lipinski definition) is 4. The minimum atomic E-state index is 0.163. The van der Waals surface area contributed by atoms with Gasteiger partial charge in [0.25, 0.3) is 0 Å². The highest BCUT2D eigenvalue weighted by molar-refractivity contribution is 9.10. The maximum absolute atomic E-state index is 9.25. The third-order valence-electron chi connectivity index (χ3n) is 2.76. The van der Waals surface area contributed by atoms with Gasteiger partial charge in [-0.05, 0) is 57.9 Å². The topological polar surface area (TPSA) is 51.0 Å². The van der Waals surface area contributed by atoms with E-state index in [0.717, 1.165) is 15.7 Å². The maximum Gasteiger partial charge on any atom is 0.176 e. The molecule has 0 aliphatic carbocycles. The summed E-state index contributed by atoms with van der Waals surface area (Å²) in [6.45, 7) is 0.163. The van der Waals surface area contributed by atoms with Crippen molar-refractivity contribution < 1.29 is 14.6 Å². The molecule has 0 aliphatic rings. The lowest BCUT2D eigenvalue weighted by atomic mass is 10.2. The molecular weight excluding hydrogens is 346 g/mol. The highest BCUT2D eigenvalue weighted by Gasteiger charge is 2.10. The summed E-state index contributed by atoms with van der Waals surface area (Å²) < 4.78 is 11.5. The Kier molecular flexibility index (Phi) is 5.45. The summed E-state index contributed by atoms with van der Waals surface area (Å²) in [7, 11) is 1.56. The fraction of sp³-hybridized carbons (Fsp3) is 0.118. The molecule has 0 saturated carbocycles. The van der Waals surface area contributed by atoms with Crippen molar-refractivity contribution in [2.75, 3.05) is 13.7 Å². The second-order valence-electron chi connectivity index (χ2n) is 4.30. The molecule has 4 nitrogen and oxygen atoms in total. The number of methoxy groups -OCH3 is 1. The van der Waals surface area contributed by atoms with Gasteiger partial charge in [-0.2, -0.15) is 0 Å². The van der Waals surface area contributed by atoms with Crippen molar-refractivity contribution in [2.24, 2.45) is 4.99 Å². The average molecular weight is 360 g/mol. The molecule has 2 rings (SSSR count). The Morgan fingerprint density at radius 2 is 2.05 bits per heavy atom. The summed E-state index contributed by atoms with van der Waals surface area (Å²) in [6.07, 6.45) is 6.90. The Bertz CT molecular complexity index is 718. The molecule has 112 valence electrons. The minimum absolute atomic E-state index is 0.163. The number of rotatable bonds is 5. The van der Waals surface area contributed by atoms with Gasteiger partial charge in [-0.3, -0.25) is 4.99 Å². The van der Waals surface area contributed by atoms with Crippen LogP contribution in [0.15, 0.2) is 45.9 Å². The molecule has 5 heteroatoms. The predicted molar refractivity (Wildman–Crippen MR) is 90.4 cm³/mol. The van der Waals surface area contributed by atoms with Crippen LogP contribution in [-0.2, 0) is 0 Å². The molecule has 0 aliphatic heterocycles. The lowest BCUT2D eigenvalue weighted by Gasteiger charge is -2.11. The van der Waals surface area contributed by atoms with Gasteiger partial charge in [-0.15, -0.1) is 6.42 Å². The number of hydrogen-bond donors (Lipinski definition) is 1. The molecule has 0 atom stereocenters. The van der Waals surface area contributed by atoms with E-state index < -0.39 is 0 Å². The Hall–Kier alpha value is -2.45. The highest BCUT2D eigenvalue weighted by Crippen LogP contribution is 2.36. The van der Waals surface area contributed by atoms with Crippen LogP contribution < -0.4 is 9.47 Å². The van der Waals surface area contributed by atoms with E-state index in [1.807, 2.05) is 6.07 Å². The van der Waals surface area contributed by atoms with E-state index in [1.54, 1.807) is 43.7 Å². The Balaban J connectivity index is 2.26. The second kappa shape index (κ2) is 7.53. The van der Waals surface area contributed by atoms with Crippen molar-refractivity contribution in [1.29, 1.82) is 0 Å². The first-order valence-electron chi connectivity index (χ1n) is 6.41. The van der Waals surface area contributed by atoms with Crippen molar-refractivity contribution in [1.82, 2.24) is 0 Å². The van der Waals surface area contributed by atoms with Crippen molar-refractivity contribution in [3.63, 3.8) is 0 Å². The van der Waals surface area contributed by atoms with Gasteiger partial charge >= 0.3 is 0 Å². The van der Waals surface area contributed by atoms with E-state index in [2.05, 4.69) is 26.8 Å². The molecule has 2 aromatic rings. The van der Waals surface area contributed by atoms with Crippen LogP contribution in [0.4, 0.5) is 5.69 Å². The van der Waals surface area contributed by atoms with E-state index in [0.29, 0.717) is 11.5 Å². The number of terminal acetylenes is 1. The molecule has 22 heavy (non-hydrogen) atoms. The van der Waals surface area contributed by atoms with Crippen LogP contribution in [-0.4, -0.2) is 25.0 Å². The SMILES string of the molecule is C#CCOc1c(Br)cc(C=Nc2ccc(O)cc2)cc1OC. The lowest BCUT2D eigenvalue weighted by Crippen LogP contribution is -1.98. The normalized spacial score (nSPS) is 10.4. The summed E-state index contributed by atoms with van der Waals surface area (Å²) in [5, 5.41) is 9.25. The number of phenolic OH excluding ortho intramolecular Hbond substituents is 1. The monoisotopic (exact) mass is 359 g/mol. The van der Waals surface area contributed by atoms with Crippen LogP contribution in [0.25, 0.3) is 0 Å². The van der Waals surface area contributed by atoms with Gasteiger partial charge in [-0.1, -0.05) is 5.92 Å². The van der Waals surface area contributed by atoms with Crippen molar-refractivity contribution in [3.8, 4) is 29.6 Å². The van der Waals surface area contributed by atoms with Gasteiger partial charge in [0.1, 0.15) is 12.4 Å². The van der Waals surface area contributed by atoms with Crippen LogP contribution in [0.3, 0.4) is 0 Å². The number of benzene rings is 2. The fourth-order valence-electron chi connectivity index (χ4n) is 1.76. The van der Waals surface area contributed by atoms with Gasteiger partial charge < -0.3 is 14.6 Å². The van der Waals surface area contributed by atoms with E-state index in [4.69, 9.17) is 15.9 Å². The largest absolute Gasteiger partial charge is 0.508 e. The smallest absolute Gasteiger partial charge is 0.176 e. The molecule has 0 bridgehead atoms. The number of phenols is 1. The van der Waals surface area contributed by atoms with Gasteiger partial charge in [0.15, 0.2) is 11.5 Å². The molecule has 0 spiro atoms. The Morgan fingerprint density at radius 1 is 1.32 bits per heavy atom. The molecule has 0 unspecified atom stereocenters. The molecule has 0 radical (unpaired) electrons. The van der Waals surface area contributed by atoms with Gasteiger partial charge in [0.05, 0.1) is 17.3 Å². The quantitative estimate of drug-likeness (QED) is 0.649. The lowest BCUT2D eigenvalue weighted by molar-refractivity contribution is 0.329. The number of aromatic hydroxyl groups is 1. The van der Waals surface area contributed by atoms with Crippen molar-refractivity contribution >= 4 is 27.8 Å². The summed E-state index contributed by atoms with van der Waals surface area (Å²) in [5.41, 5.74) is 1.57. The average Bonchev–Trinajstić information content (AvgIpc) is 2.53. The molecule has 2 aromatic carbocycles. The Morgan fingerprint density at radius 3 is 2.68 bits per heavy atom. The molecule has 1 N–H and O–H groups in total. The zero-order valence-electron chi connectivity index (χ0n) is 11.9. The first kappa shape index (κ1) is 15.9. The zero-order chi connectivity index (χ0) is 15.9. The van der Waals surface area contributed by atoms with Crippen LogP contribution in [0.2, 0.25) is 0 Å². The molecular formula is C17H14BrNO3. The van der Waals surface area contributed by atoms with Gasteiger partial charge in [0, 0.05) is 6.21 Å². The van der Waals surface area contributed by atoms with Gasteiger partial charge in [-0.25, -0.2) is 0 Å². The van der Waals surface area contributed by atoms with E-state index in [9.17, 15) is 5.11 Å². The molecule has 0 heterocycles. The first-order valence-corrected chi connectivity index (χ1v) is 7.20. The van der Waals surface area contributed by atoms with Crippen LogP contribution in [0.1, 0.15) is 5.56 Å². The van der Waals surface area contributed by atoms with Crippen LogP contribution in [0.5, 0.6) is 17.2 Å². The standard InChI is InChI=1S/C17H14BrNO3/c1-3-8-22-17-15(18)9-12(10-16(17)21-2)11-19-13-4-6-14(20)7-5-13/h1,4-7,9-11,20H,8H2,2H3. The summed E-state index contributed by atoms with van der Waals surface area (Å²) >= 11 is 3.44. The molecule has 0 saturated heterocycles. The van der Waals surface area contributed by atoms with Crippen molar-refractivity contribution in [3.05, 3.63) is 46.4 Å². The van der Waals surface area contributed by atoms with Crippen LogP contribution >= 0.6 is 15.9 Å². The van der Waals surface area contributed by atoms with E-state index in [1.165, 1.54) is 0 Å². The fourth-order valence-corrected chi connectivity index (χ4v) is 2.33. The number of aliphatic imine (C=N–C) groups is 1. The highest BCUT2D eigenvalue weighted by atomic mass is 79.9. The van der Waals surface area contributed by atoms with E-state index in [-0.39, 0.29) is 12.4 Å². The molecule has 0 aromatic heterocycles. The second-order valence-corrected chi connectivity index (χ2v) is 5.16. The summed E-state index contributed by atoms with van der Waals surface area (Å²) in [5.74, 6) is 3.75. The minimum Gasteiger partial charge on any atom is -0.508 e. The molecule has 0 fully saturated rings. The number of halogens is 1. The zero-order valence-corrected chi connectivity index (χ0v) is 13.5.